The summed E-state index contributed by atoms with van der Waals surface area (Å²) in [6.07, 6.45) is 3.09. The van der Waals surface area contributed by atoms with E-state index in [4.69, 9.17) is 0 Å². The number of carbonyl (C=O) groups is 2. The first-order valence-electron chi connectivity index (χ1n) is 8.15. The van der Waals surface area contributed by atoms with Crippen molar-refractivity contribution in [3.63, 3.8) is 0 Å². The zero-order valence-electron chi connectivity index (χ0n) is 14.0. The van der Waals surface area contributed by atoms with Gasteiger partial charge in [-0.1, -0.05) is 12.1 Å². The fourth-order valence-electron chi connectivity index (χ4n) is 2.54. The number of thioether (sulfide) groups is 1. The molecule has 0 atom stereocenters. The van der Waals surface area contributed by atoms with Crippen molar-refractivity contribution in [3.8, 4) is 0 Å². The topological polar surface area (TPSA) is 61.4 Å². The second-order valence-corrected chi connectivity index (χ2v) is 6.60. The van der Waals surface area contributed by atoms with Crippen molar-refractivity contribution in [2.24, 2.45) is 0 Å². The van der Waals surface area contributed by atoms with Gasteiger partial charge in [0.25, 0.3) is 5.91 Å². The number of hydrogen-bond acceptors (Lipinski definition) is 4. The van der Waals surface area contributed by atoms with Crippen molar-refractivity contribution in [2.75, 3.05) is 39.0 Å². The van der Waals surface area contributed by atoms with Crippen molar-refractivity contribution in [3.05, 3.63) is 29.8 Å². The zero-order chi connectivity index (χ0) is 16.5. The van der Waals surface area contributed by atoms with E-state index in [1.54, 1.807) is 0 Å². The Bertz CT molecular complexity index is 536. The van der Waals surface area contributed by atoms with Gasteiger partial charge in [0.1, 0.15) is 0 Å². The minimum Gasteiger partial charge on any atom is -0.352 e. The number of likely N-dealkylation sites (tertiary alicyclic amines) is 1. The van der Waals surface area contributed by atoms with Crippen LogP contribution in [0, 0.1) is 0 Å². The molecule has 24 heavy (non-hydrogen) atoms. The van der Waals surface area contributed by atoms with Gasteiger partial charge in [0.15, 0.2) is 0 Å². The minimum atomic E-state index is -0.0715. The van der Waals surface area contributed by atoms with E-state index in [1.165, 1.54) is 11.8 Å². The quantitative estimate of drug-likeness (QED) is 0.543. The van der Waals surface area contributed by atoms with Gasteiger partial charge >= 0.3 is 0 Å². The van der Waals surface area contributed by atoms with Gasteiger partial charge in [0.2, 0.25) is 5.91 Å². The van der Waals surface area contributed by atoms with Gasteiger partial charge in [-0.25, -0.2) is 0 Å². The average molecular weight is 372 g/mol. The van der Waals surface area contributed by atoms with E-state index in [1.807, 2.05) is 36.2 Å². The van der Waals surface area contributed by atoms with Crippen LogP contribution in [-0.2, 0) is 4.79 Å². The third-order valence-electron chi connectivity index (χ3n) is 3.83. The highest BCUT2D eigenvalue weighted by atomic mass is 35.5. The Kier molecular flexibility index (Phi) is 9.83. The molecule has 1 aromatic rings. The maximum atomic E-state index is 12.3. The Morgan fingerprint density at radius 3 is 2.58 bits per heavy atom. The lowest BCUT2D eigenvalue weighted by Gasteiger charge is -2.15. The molecule has 2 N–H and O–H groups in total. The van der Waals surface area contributed by atoms with Crippen LogP contribution in [-0.4, -0.2) is 55.7 Å². The molecule has 0 saturated carbocycles. The summed E-state index contributed by atoms with van der Waals surface area (Å²) >= 11 is 1.45. The number of rotatable bonds is 8. The second kappa shape index (κ2) is 11.3. The highest BCUT2D eigenvalue weighted by molar-refractivity contribution is 8.00. The Morgan fingerprint density at radius 2 is 1.88 bits per heavy atom. The molecule has 2 amide bonds. The zero-order valence-corrected chi connectivity index (χ0v) is 15.7. The van der Waals surface area contributed by atoms with E-state index in [0.717, 1.165) is 43.8 Å². The molecule has 1 aromatic carbocycles. The predicted molar refractivity (Wildman–Crippen MR) is 101 cm³/mol. The standard InChI is InChI=1S/C17H25N3O2S.ClH/c1-18-9-6-10-19-17(22)14-7-2-3-8-15(14)23-13-16(21)20-11-4-5-12-20;/h2-3,7-8,18H,4-6,9-13H2,1H3,(H,19,22);1H. The van der Waals surface area contributed by atoms with E-state index in [0.29, 0.717) is 17.9 Å². The molecule has 1 aliphatic rings. The largest absolute Gasteiger partial charge is 0.352 e. The van der Waals surface area contributed by atoms with Crippen LogP contribution in [0.3, 0.4) is 0 Å². The van der Waals surface area contributed by atoms with Crippen LogP contribution in [0.1, 0.15) is 29.6 Å². The van der Waals surface area contributed by atoms with Crippen LogP contribution >= 0.6 is 24.2 Å². The van der Waals surface area contributed by atoms with Crippen molar-refractivity contribution in [2.45, 2.75) is 24.2 Å². The van der Waals surface area contributed by atoms with E-state index >= 15 is 0 Å². The molecule has 1 fully saturated rings. The molecule has 2 rings (SSSR count). The minimum absolute atomic E-state index is 0. The van der Waals surface area contributed by atoms with Crippen LogP contribution in [0.2, 0.25) is 0 Å². The third kappa shape index (κ3) is 6.34. The first kappa shape index (κ1) is 20.8. The molecular weight excluding hydrogens is 346 g/mol. The summed E-state index contributed by atoms with van der Waals surface area (Å²) in [4.78, 5) is 27.2. The van der Waals surface area contributed by atoms with E-state index in [2.05, 4.69) is 10.6 Å². The number of hydrogen-bond donors (Lipinski definition) is 2. The fourth-order valence-corrected chi connectivity index (χ4v) is 3.49. The van der Waals surface area contributed by atoms with Crippen LogP contribution < -0.4 is 10.6 Å². The maximum absolute atomic E-state index is 12.3. The second-order valence-electron chi connectivity index (χ2n) is 5.59. The van der Waals surface area contributed by atoms with Crippen molar-refractivity contribution >= 4 is 36.0 Å². The van der Waals surface area contributed by atoms with Gasteiger partial charge in [-0.2, -0.15) is 0 Å². The molecule has 1 aliphatic heterocycles. The first-order chi connectivity index (χ1) is 11.2. The van der Waals surface area contributed by atoms with E-state index in [9.17, 15) is 9.59 Å². The van der Waals surface area contributed by atoms with Gasteiger partial charge in [-0.05, 0) is 45.0 Å². The molecule has 0 unspecified atom stereocenters. The first-order valence-corrected chi connectivity index (χ1v) is 9.13. The molecule has 134 valence electrons. The van der Waals surface area contributed by atoms with Gasteiger partial charge in [0.05, 0.1) is 11.3 Å². The van der Waals surface area contributed by atoms with E-state index in [-0.39, 0.29) is 24.2 Å². The lowest BCUT2D eigenvalue weighted by atomic mass is 10.2. The van der Waals surface area contributed by atoms with Crippen LogP contribution in [0.4, 0.5) is 0 Å². The van der Waals surface area contributed by atoms with Gasteiger partial charge in [0, 0.05) is 24.5 Å². The number of nitrogens with zero attached hydrogens (tertiary/aromatic N) is 1. The molecule has 0 aliphatic carbocycles. The van der Waals surface area contributed by atoms with Crippen molar-refractivity contribution in [1.29, 1.82) is 0 Å². The summed E-state index contributed by atoms with van der Waals surface area (Å²) in [5, 5.41) is 5.98. The molecule has 0 spiro atoms. The molecule has 5 nitrogen and oxygen atoms in total. The Morgan fingerprint density at radius 1 is 1.17 bits per heavy atom. The fraction of sp³-hybridized carbons (Fsp3) is 0.529. The summed E-state index contributed by atoms with van der Waals surface area (Å²) in [5.74, 6) is 0.485. The number of benzene rings is 1. The SMILES string of the molecule is CNCCCNC(=O)c1ccccc1SCC(=O)N1CCCC1.Cl. The number of amides is 2. The van der Waals surface area contributed by atoms with E-state index < -0.39 is 0 Å². The van der Waals surface area contributed by atoms with Crippen molar-refractivity contribution in [1.82, 2.24) is 15.5 Å². The number of halogens is 1. The molecule has 0 radical (unpaired) electrons. The van der Waals surface area contributed by atoms with Crippen molar-refractivity contribution < 1.29 is 9.59 Å². The summed E-state index contributed by atoms with van der Waals surface area (Å²) < 4.78 is 0. The third-order valence-corrected chi connectivity index (χ3v) is 4.89. The summed E-state index contributed by atoms with van der Waals surface area (Å²) in [6.45, 7) is 3.26. The maximum Gasteiger partial charge on any atom is 0.252 e. The summed E-state index contributed by atoms with van der Waals surface area (Å²) in [6, 6.07) is 7.48. The lowest BCUT2D eigenvalue weighted by molar-refractivity contribution is -0.127. The molecule has 1 saturated heterocycles. The highest BCUT2D eigenvalue weighted by Gasteiger charge is 2.19. The predicted octanol–water partition coefficient (Wildman–Crippen LogP) is 2.16. The van der Waals surface area contributed by atoms with Crippen LogP contribution in [0.15, 0.2) is 29.2 Å². The Labute approximate surface area is 154 Å². The molecule has 7 heteroatoms. The highest BCUT2D eigenvalue weighted by Crippen LogP contribution is 2.23. The van der Waals surface area contributed by atoms with Gasteiger partial charge in [-0.3, -0.25) is 9.59 Å². The number of nitrogens with one attached hydrogen (secondary N) is 2. The van der Waals surface area contributed by atoms with Crippen LogP contribution in [0.25, 0.3) is 0 Å². The smallest absolute Gasteiger partial charge is 0.252 e. The molecule has 0 aromatic heterocycles. The Hall–Kier alpha value is -1.24. The van der Waals surface area contributed by atoms with Gasteiger partial charge < -0.3 is 15.5 Å². The summed E-state index contributed by atoms with van der Waals surface area (Å²) in [5.41, 5.74) is 0.649. The lowest BCUT2D eigenvalue weighted by Crippen LogP contribution is -2.29. The average Bonchev–Trinajstić information content (AvgIpc) is 3.11. The Balaban J connectivity index is 0.00000288. The normalized spacial score (nSPS) is 13.5. The van der Waals surface area contributed by atoms with Gasteiger partial charge in [-0.15, -0.1) is 24.2 Å². The molecular formula is C17H26ClN3O2S. The monoisotopic (exact) mass is 371 g/mol. The molecule has 0 bridgehead atoms. The summed E-state index contributed by atoms with van der Waals surface area (Å²) in [7, 11) is 1.89. The molecule has 1 heterocycles. The number of carbonyl (C=O) groups excluding carboxylic acids is 2. The van der Waals surface area contributed by atoms with Crippen LogP contribution in [0.5, 0.6) is 0 Å².